The lowest BCUT2D eigenvalue weighted by Crippen LogP contribution is -2.42. The van der Waals surface area contributed by atoms with Crippen molar-refractivity contribution in [3.05, 3.63) is 29.6 Å². The Balaban J connectivity index is 2.05. The second kappa shape index (κ2) is 5.14. The van der Waals surface area contributed by atoms with Crippen LogP contribution in [0.25, 0.3) is 0 Å². The lowest BCUT2D eigenvalue weighted by molar-refractivity contribution is -0.142. The molecular formula is C12H14N2O4. The van der Waals surface area contributed by atoms with Crippen LogP contribution in [-0.2, 0) is 9.53 Å². The van der Waals surface area contributed by atoms with Crippen molar-refractivity contribution >= 4 is 11.9 Å². The van der Waals surface area contributed by atoms with Gasteiger partial charge in [0.1, 0.15) is 11.6 Å². The van der Waals surface area contributed by atoms with Crippen LogP contribution in [0, 0.1) is 12.8 Å². The van der Waals surface area contributed by atoms with Crippen molar-refractivity contribution in [2.75, 3.05) is 13.2 Å². The van der Waals surface area contributed by atoms with E-state index < -0.39 is 17.9 Å². The smallest absolute Gasteiger partial charge is 0.311 e. The maximum atomic E-state index is 11.9. The lowest BCUT2D eigenvalue weighted by Gasteiger charge is -2.15. The first-order valence-corrected chi connectivity index (χ1v) is 5.63. The average molecular weight is 250 g/mol. The van der Waals surface area contributed by atoms with E-state index in [2.05, 4.69) is 10.3 Å². The number of hydrogen-bond donors (Lipinski definition) is 2. The van der Waals surface area contributed by atoms with Gasteiger partial charge in [0.25, 0.3) is 5.91 Å². The van der Waals surface area contributed by atoms with Crippen molar-refractivity contribution in [1.29, 1.82) is 0 Å². The van der Waals surface area contributed by atoms with Gasteiger partial charge in [0.15, 0.2) is 0 Å². The molecule has 1 aliphatic heterocycles. The number of pyridine rings is 1. The number of carboxylic acid groups (broad SMARTS) is 1. The molecule has 6 nitrogen and oxygen atoms in total. The highest BCUT2D eigenvalue weighted by molar-refractivity contribution is 5.92. The maximum Gasteiger partial charge on any atom is 0.311 e. The summed E-state index contributed by atoms with van der Waals surface area (Å²) in [6.07, 6.45) is 0. The van der Waals surface area contributed by atoms with Crippen LogP contribution in [-0.4, -0.2) is 41.2 Å². The Kier molecular flexibility index (Phi) is 3.57. The Morgan fingerprint density at radius 3 is 2.89 bits per heavy atom. The molecule has 1 fully saturated rings. The molecule has 2 atom stereocenters. The first kappa shape index (κ1) is 12.5. The number of aromatic nitrogens is 1. The molecule has 1 aromatic rings. The van der Waals surface area contributed by atoms with Crippen LogP contribution < -0.4 is 5.32 Å². The zero-order valence-electron chi connectivity index (χ0n) is 9.92. The molecule has 0 aliphatic carbocycles. The summed E-state index contributed by atoms with van der Waals surface area (Å²) in [5, 5.41) is 11.6. The SMILES string of the molecule is Cc1cccc(C(=O)NC2COCC2C(=O)O)n1. The van der Waals surface area contributed by atoms with Crippen LogP contribution in [0.2, 0.25) is 0 Å². The van der Waals surface area contributed by atoms with Crippen molar-refractivity contribution in [1.82, 2.24) is 10.3 Å². The number of hydrogen-bond acceptors (Lipinski definition) is 4. The van der Waals surface area contributed by atoms with Crippen molar-refractivity contribution in [2.24, 2.45) is 5.92 Å². The summed E-state index contributed by atoms with van der Waals surface area (Å²) in [6.45, 7) is 2.13. The van der Waals surface area contributed by atoms with Gasteiger partial charge in [0, 0.05) is 5.69 Å². The molecule has 6 heteroatoms. The number of carbonyl (C=O) groups excluding carboxylic acids is 1. The molecule has 96 valence electrons. The molecule has 1 amide bonds. The largest absolute Gasteiger partial charge is 0.481 e. The number of rotatable bonds is 3. The summed E-state index contributed by atoms with van der Waals surface area (Å²) in [7, 11) is 0. The zero-order valence-corrected chi connectivity index (χ0v) is 9.92. The Morgan fingerprint density at radius 2 is 2.22 bits per heavy atom. The number of nitrogens with one attached hydrogen (secondary N) is 1. The number of aryl methyl sites for hydroxylation is 1. The number of carbonyl (C=O) groups is 2. The fraction of sp³-hybridized carbons (Fsp3) is 0.417. The van der Waals surface area contributed by atoms with Crippen LogP contribution in [0.15, 0.2) is 18.2 Å². The lowest BCUT2D eigenvalue weighted by atomic mass is 10.0. The maximum absolute atomic E-state index is 11.9. The van der Waals surface area contributed by atoms with Crippen LogP contribution in [0.4, 0.5) is 0 Å². The molecule has 0 spiro atoms. The van der Waals surface area contributed by atoms with E-state index >= 15 is 0 Å². The molecule has 2 N–H and O–H groups in total. The standard InChI is InChI=1S/C12H14N2O4/c1-7-3-2-4-9(13-7)11(15)14-10-6-18-5-8(10)12(16)17/h2-4,8,10H,5-6H2,1H3,(H,14,15)(H,16,17). The van der Waals surface area contributed by atoms with Crippen LogP contribution >= 0.6 is 0 Å². The summed E-state index contributed by atoms with van der Waals surface area (Å²) in [4.78, 5) is 26.9. The number of amides is 1. The minimum Gasteiger partial charge on any atom is -0.481 e. The third-order valence-electron chi connectivity index (χ3n) is 2.84. The van der Waals surface area contributed by atoms with E-state index in [1.54, 1.807) is 25.1 Å². The molecule has 2 heterocycles. The average Bonchev–Trinajstić information content (AvgIpc) is 2.77. The monoisotopic (exact) mass is 250 g/mol. The van der Waals surface area contributed by atoms with E-state index in [1.165, 1.54) is 0 Å². The van der Waals surface area contributed by atoms with E-state index in [4.69, 9.17) is 9.84 Å². The topological polar surface area (TPSA) is 88.5 Å². The highest BCUT2D eigenvalue weighted by atomic mass is 16.5. The summed E-state index contributed by atoms with van der Waals surface area (Å²) < 4.78 is 5.08. The molecule has 2 rings (SSSR count). The molecule has 0 radical (unpaired) electrons. The second-order valence-corrected chi connectivity index (χ2v) is 4.23. The van der Waals surface area contributed by atoms with Gasteiger partial charge in [-0.15, -0.1) is 0 Å². The van der Waals surface area contributed by atoms with Gasteiger partial charge in [-0.05, 0) is 19.1 Å². The third-order valence-corrected chi connectivity index (χ3v) is 2.84. The van der Waals surface area contributed by atoms with E-state index in [0.29, 0.717) is 0 Å². The van der Waals surface area contributed by atoms with E-state index in [0.717, 1.165) is 5.69 Å². The highest BCUT2D eigenvalue weighted by Gasteiger charge is 2.35. The summed E-state index contributed by atoms with van der Waals surface area (Å²) in [5.74, 6) is -2.03. The number of aliphatic carboxylic acids is 1. The molecular weight excluding hydrogens is 236 g/mol. The summed E-state index contributed by atoms with van der Waals surface area (Å²) >= 11 is 0. The number of nitrogens with zero attached hydrogens (tertiary/aromatic N) is 1. The Labute approximate surface area is 104 Å². The Hall–Kier alpha value is -1.95. The van der Waals surface area contributed by atoms with E-state index in [1.807, 2.05) is 0 Å². The molecule has 1 aromatic heterocycles. The number of ether oxygens (including phenoxy) is 1. The van der Waals surface area contributed by atoms with Gasteiger partial charge in [-0.25, -0.2) is 4.98 Å². The van der Waals surface area contributed by atoms with Gasteiger partial charge in [-0.3, -0.25) is 9.59 Å². The number of carboxylic acids is 1. The van der Waals surface area contributed by atoms with Gasteiger partial charge >= 0.3 is 5.97 Å². The summed E-state index contributed by atoms with van der Waals surface area (Å²) in [5.41, 5.74) is 1.02. The molecule has 1 saturated heterocycles. The molecule has 0 saturated carbocycles. The fourth-order valence-electron chi connectivity index (χ4n) is 1.85. The fourth-order valence-corrected chi connectivity index (χ4v) is 1.85. The minimum atomic E-state index is -0.963. The van der Waals surface area contributed by atoms with Gasteiger partial charge in [0.2, 0.25) is 0 Å². The molecule has 0 bridgehead atoms. The first-order valence-electron chi connectivity index (χ1n) is 5.63. The summed E-state index contributed by atoms with van der Waals surface area (Å²) in [6, 6.07) is 4.61. The first-order chi connectivity index (χ1) is 8.58. The molecule has 0 aromatic carbocycles. The van der Waals surface area contributed by atoms with Crippen molar-refractivity contribution < 1.29 is 19.4 Å². The Bertz CT molecular complexity index is 475. The van der Waals surface area contributed by atoms with E-state index in [-0.39, 0.29) is 24.8 Å². The third kappa shape index (κ3) is 2.65. The normalized spacial score (nSPS) is 22.7. The Morgan fingerprint density at radius 1 is 1.44 bits per heavy atom. The van der Waals surface area contributed by atoms with Crippen molar-refractivity contribution in [2.45, 2.75) is 13.0 Å². The van der Waals surface area contributed by atoms with Gasteiger partial charge in [-0.2, -0.15) is 0 Å². The van der Waals surface area contributed by atoms with Crippen LogP contribution in [0.1, 0.15) is 16.2 Å². The van der Waals surface area contributed by atoms with Crippen LogP contribution in [0.5, 0.6) is 0 Å². The zero-order chi connectivity index (χ0) is 13.1. The predicted octanol–water partition coefficient (Wildman–Crippen LogP) is 0.219. The minimum absolute atomic E-state index is 0.127. The second-order valence-electron chi connectivity index (χ2n) is 4.23. The highest BCUT2D eigenvalue weighted by Crippen LogP contribution is 2.14. The van der Waals surface area contributed by atoms with Crippen LogP contribution in [0.3, 0.4) is 0 Å². The van der Waals surface area contributed by atoms with Crippen molar-refractivity contribution in [3.63, 3.8) is 0 Å². The molecule has 1 aliphatic rings. The molecule has 2 unspecified atom stereocenters. The quantitative estimate of drug-likeness (QED) is 0.801. The molecule has 18 heavy (non-hydrogen) atoms. The van der Waals surface area contributed by atoms with Gasteiger partial charge in [-0.1, -0.05) is 6.07 Å². The van der Waals surface area contributed by atoms with Gasteiger partial charge in [0.05, 0.1) is 19.3 Å². The van der Waals surface area contributed by atoms with Crippen molar-refractivity contribution in [3.8, 4) is 0 Å². The van der Waals surface area contributed by atoms with Gasteiger partial charge < -0.3 is 15.2 Å². The predicted molar refractivity (Wildman–Crippen MR) is 62.2 cm³/mol. The van der Waals surface area contributed by atoms with E-state index in [9.17, 15) is 9.59 Å².